The van der Waals surface area contributed by atoms with Crippen LogP contribution in [0.25, 0.3) is 0 Å². The van der Waals surface area contributed by atoms with Crippen molar-refractivity contribution in [2.75, 3.05) is 6.54 Å². The summed E-state index contributed by atoms with van der Waals surface area (Å²) in [5.74, 6) is 0.696. The van der Waals surface area contributed by atoms with E-state index in [1.807, 2.05) is 0 Å². The highest BCUT2D eigenvalue weighted by Crippen LogP contribution is 2.24. The maximum atomic E-state index is 3.51. The van der Waals surface area contributed by atoms with Gasteiger partial charge in [-0.1, -0.05) is 58.0 Å². The van der Waals surface area contributed by atoms with E-state index < -0.39 is 0 Å². The van der Waals surface area contributed by atoms with Gasteiger partial charge in [0.15, 0.2) is 0 Å². The Bertz CT molecular complexity index is 271. The Morgan fingerprint density at radius 1 is 1.13 bits per heavy atom. The Morgan fingerprint density at radius 3 is 2.27 bits per heavy atom. The van der Waals surface area contributed by atoms with E-state index in [9.17, 15) is 0 Å². The molecule has 0 bridgehead atoms. The Hall–Kier alpha value is -0.820. The molecule has 1 heteroatoms. The number of hydrogen-bond acceptors (Lipinski definition) is 1. The average molecular weight is 205 g/mol. The van der Waals surface area contributed by atoms with Crippen molar-refractivity contribution >= 4 is 0 Å². The molecule has 0 fully saturated rings. The second kappa shape index (κ2) is 5.32. The van der Waals surface area contributed by atoms with Crippen molar-refractivity contribution in [3.63, 3.8) is 0 Å². The van der Waals surface area contributed by atoms with Crippen molar-refractivity contribution in [1.82, 2.24) is 5.32 Å². The molecule has 15 heavy (non-hydrogen) atoms. The minimum absolute atomic E-state index is 0.393. The SMILES string of the molecule is CC(CNCc1ccccc1)C(C)(C)C. The smallest absolute Gasteiger partial charge is 0.0205 e. The van der Waals surface area contributed by atoms with Gasteiger partial charge in [0.05, 0.1) is 0 Å². The van der Waals surface area contributed by atoms with Gasteiger partial charge in [0.2, 0.25) is 0 Å². The molecule has 1 aromatic rings. The summed E-state index contributed by atoms with van der Waals surface area (Å²) < 4.78 is 0. The minimum Gasteiger partial charge on any atom is -0.312 e. The molecule has 0 saturated heterocycles. The largest absolute Gasteiger partial charge is 0.312 e. The van der Waals surface area contributed by atoms with E-state index in [4.69, 9.17) is 0 Å². The third-order valence-corrected chi connectivity index (χ3v) is 3.10. The van der Waals surface area contributed by atoms with Gasteiger partial charge in [-0.25, -0.2) is 0 Å². The van der Waals surface area contributed by atoms with Crippen LogP contribution in [0.15, 0.2) is 30.3 Å². The highest BCUT2D eigenvalue weighted by atomic mass is 14.9. The molecule has 1 aromatic carbocycles. The minimum atomic E-state index is 0.393. The van der Waals surface area contributed by atoms with E-state index >= 15 is 0 Å². The highest BCUT2D eigenvalue weighted by molar-refractivity contribution is 5.14. The molecule has 1 unspecified atom stereocenters. The van der Waals surface area contributed by atoms with Gasteiger partial charge < -0.3 is 5.32 Å². The molecule has 0 saturated carbocycles. The summed E-state index contributed by atoms with van der Waals surface area (Å²) in [5, 5.41) is 3.51. The number of hydrogen-bond donors (Lipinski definition) is 1. The Balaban J connectivity index is 2.28. The molecule has 0 radical (unpaired) electrons. The maximum Gasteiger partial charge on any atom is 0.0205 e. The van der Waals surface area contributed by atoms with Crippen LogP contribution in [0.1, 0.15) is 33.3 Å². The van der Waals surface area contributed by atoms with Crippen LogP contribution in [-0.2, 0) is 6.54 Å². The lowest BCUT2D eigenvalue weighted by Gasteiger charge is -2.27. The van der Waals surface area contributed by atoms with Gasteiger partial charge in [-0.15, -0.1) is 0 Å². The first-order valence-corrected chi connectivity index (χ1v) is 5.75. The van der Waals surface area contributed by atoms with Crippen LogP contribution in [0.3, 0.4) is 0 Å². The van der Waals surface area contributed by atoms with E-state index in [-0.39, 0.29) is 0 Å². The fourth-order valence-corrected chi connectivity index (χ4v) is 1.34. The first-order chi connectivity index (χ1) is 7.00. The average Bonchev–Trinajstić information content (AvgIpc) is 2.18. The topological polar surface area (TPSA) is 12.0 Å². The number of rotatable bonds is 4. The Labute approximate surface area is 93.9 Å². The fraction of sp³-hybridized carbons (Fsp3) is 0.571. The van der Waals surface area contributed by atoms with E-state index in [0.29, 0.717) is 11.3 Å². The summed E-state index contributed by atoms with van der Waals surface area (Å²) in [6.07, 6.45) is 0. The van der Waals surface area contributed by atoms with Crippen molar-refractivity contribution in [2.24, 2.45) is 11.3 Å². The zero-order valence-corrected chi connectivity index (χ0v) is 10.4. The standard InChI is InChI=1S/C14H23N/c1-12(14(2,3)4)10-15-11-13-8-6-5-7-9-13/h5-9,12,15H,10-11H2,1-4H3. The fourth-order valence-electron chi connectivity index (χ4n) is 1.34. The van der Waals surface area contributed by atoms with Crippen LogP contribution in [0.2, 0.25) is 0 Å². The summed E-state index contributed by atoms with van der Waals surface area (Å²) in [6, 6.07) is 10.6. The summed E-state index contributed by atoms with van der Waals surface area (Å²) >= 11 is 0. The second-order valence-electron chi connectivity index (χ2n) is 5.38. The van der Waals surface area contributed by atoms with Crippen molar-refractivity contribution in [3.8, 4) is 0 Å². The molecule has 0 aliphatic rings. The summed E-state index contributed by atoms with van der Waals surface area (Å²) in [7, 11) is 0. The van der Waals surface area contributed by atoms with Gasteiger partial charge in [0.25, 0.3) is 0 Å². The molecule has 0 aromatic heterocycles. The zero-order valence-electron chi connectivity index (χ0n) is 10.4. The van der Waals surface area contributed by atoms with Gasteiger partial charge in [-0.3, -0.25) is 0 Å². The van der Waals surface area contributed by atoms with Crippen LogP contribution in [0.4, 0.5) is 0 Å². The molecular formula is C14H23N. The lowest BCUT2D eigenvalue weighted by molar-refractivity contribution is 0.252. The van der Waals surface area contributed by atoms with Crippen molar-refractivity contribution in [1.29, 1.82) is 0 Å². The van der Waals surface area contributed by atoms with Crippen LogP contribution in [0.5, 0.6) is 0 Å². The second-order valence-corrected chi connectivity index (χ2v) is 5.38. The third-order valence-electron chi connectivity index (χ3n) is 3.10. The van der Waals surface area contributed by atoms with Gasteiger partial charge in [-0.2, -0.15) is 0 Å². The monoisotopic (exact) mass is 205 g/mol. The summed E-state index contributed by atoms with van der Waals surface area (Å²) in [6.45, 7) is 11.2. The molecule has 0 spiro atoms. The number of benzene rings is 1. The molecule has 1 rings (SSSR count). The van der Waals surface area contributed by atoms with Gasteiger partial charge in [0, 0.05) is 6.54 Å². The molecule has 0 aliphatic heterocycles. The molecule has 0 aliphatic carbocycles. The molecule has 0 heterocycles. The number of nitrogens with one attached hydrogen (secondary N) is 1. The first kappa shape index (κ1) is 12.3. The normalized spacial score (nSPS) is 13.9. The van der Waals surface area contributed by atoms with E-state index in [2.05, 4.69) is 63.3 Å². The van der Waals surface area contributed by atoms with E-state index in [1.54, 1.807) is 0 Å². The molecular weight excluding hydrogens is 182 g/mol. The molecule has 1 atom stereocenters. The predicted octanol–water partition coefficient (Wildman–Crippen LogP) is 3.46. The molecule has 0 amide bonds. The molecule has 1 N–H and O–H groups in total. The summed E-state index contributed by atoms with van der Waals surface area (Å²) in [5.41, 5.74) is 1.75. The van der Waals surface area contributed by atoms with Crippen LogP contribution < -0.4 is 5.32 Å². The van der Waals surface area contributed by atoms with Crippen molar-refractivity contribution in [2.45, 2.75) is 34.2 Å². The quantitative estimate of drug-likeness (QED) is 0.793. The predicted molar refractivity (Wildman–Crippen MR) is 66.8 cm³/mol. The first-order valence-electron chi connectivity index (χ1n) is 5.75. The van der Waals surface area contributed by atoms with Crippen LogP contribution >= 0.6 is 0 Å². The van der Waals surface area contributed by atoms with Crippen LogP contribution in [-0.4, -0.2) is 6.54 Å². The lowest BCUT2D eigenvalue weighted by Crippen LogP contribution is -2.29. The zero-order chi connectivity index (χ0) is 11.3. The summed E-state index contributed by atoms with van der Waals surface area (Å²) in [4.78, 5) is 0. The third kappa shape index (κ3) is 4.48. The molecule has 84 valence electrons. The highest BCUT2D eigenvalue weighted by Gasteiger charge is 2.18. The molecule has 1 nitrogen and oxygen atoms in total. The van der Waals surface area contributed by atoms with Gasteiger partial charge in [-0.05, 0) is 23.4 Å². The van der Waals surface area contributed by atoms with Gasteiger partial charge >= 0.3 is 0 Å². The Kier molecular flexibility index (Phi) is 4.34. The van der Waals surface area contributed by atoms with E-state index in [1.165, 1.54) is 5.56 Å². The Morgan fingerprint density at radius 2 is 1.73 bits per heavy atom. The van der Waals surface area contributed by atoms with Crippen molar-refractivity contribution in [3.05, 3.63) is 35.9 Å². The van der Waals surface area contributed by atoms with Crippen molar-refractivity contribution < 1.29 is 0 Å². The van der Waals surface area contributed by atoms with E-state index in [0.717, 1.165) is 13.1 Å². The lowest BCUT2D eigenvalue weighted by atomic mass is 9.82. The van der Waals surface area contributed by atoms with Gasteiger partial charge in [0.1, 0.15) is 0 Å². The maximum absolute atomic E-state index is 3.51. The van der Waals surface area contributed by atoms with Crippen LogP contribution in [0, 0.1) is 11.3 Å².